The Labute approximate surface area is 162 Å². The molecule has 1 saturated heterocycles. The van der Waals surface area contributed by atoms with Crippen molar-refractivity contribution in [2.24, 2.45) is 0 Å². The van der Waals surface area contributed by atoms with E-state index in [-0.39, 0.29) is 5.41 Å². The van der Waals surface area contributed by atoms with Gasteiger partial charge < -0.3 is 13.9 Å². The molecule has 0 saturated carbocycles. The van der Waals surface area contributed by atoms with Crippen LogP contribution in [-0.4, -0.2) is 55.2 Å². The Morgan fingerprint density at radius 1 is 1.00 bits per heavy atom. The molecular formula is C21H31N3O3. The Hall–Kier alpha value is -2.05. The Morgan fingerprint density at radius 3 is 2.22 bits per heavy atom. The van der Waals surface area contributed by atoms with E-state index in [0.29, 0.717) is 0 Å². The molecule has 0 atom stereocenters. The molecule has 1 aliphatic heterocycles. The van der Waals surface area contributed by atoms with Gasteiger partial charge in [0.05, 0.1) is 27.0 Å². The molecule has 1 aromatic heterocycles. The monoisotopic (exact) mass is 373 g/mol. The first-order valence-corrected chi connectivity index (χ1v) is 9.50. The lowest BCUT2D eigenvalue weighted by atomic mass is 9.94. The van der Waals surface area contributed by atoms with E-state index in [0.717, 1.165) is 68.0 Å². The fourth-order valence-corrected chi connectivity index (χ4v) is 3.27. The highest BCUT2D eigenvalue weighted by Crippen LogP contribution is 2.26. The van der Waals surface area contributed by atoms with Crippen molar-refractivity contribution in [3.8, 4) is 11.5 Å². The van der Waals surface area contributed by atoms with Gasteiger partial charge in [-0.25, -0.2) is 4.98 Å². The lowest BCUT2D eigenvalue weighted by Crippen LogP contribution is -2.45. The summed E-state index contributed by atoms with van der Waals surface area (Å²) < 4.78 is 16.8. The molecular weight excluding hydrogens is 342 g/mol. The van der Waals surface area contributed by atoms with Crippen molar-refractivity contribution < 1.29 is 13.9 Å². The first-order chi connectivity index (χ1) is 12.9. The van der Waals surface area contributed by atoms with Crippen LogP contribution in [0.1, 0.15) is 38.0 Å². The number of piperazine rings is 1. The molecule has 2 heterocycles. The van der Waals surface area contributed by atoms with E-state index in [1.54, 1.807) is 14.2 Å². The number of hydrogen-bond donors (Lipinski definition) is 0. The molecule has 3 rings (SSSR count). The maximum atomic E-state index is 5.93. The Kier molecular flexibility index (Phi) is 6.07. The van der Waals surface area contributed by atoms with Gasteiger partial charge in [0.25, 0.3) is 0 Å². The number of hydrogen-bond acceptors (Lipinski definition) is 6. The summed E-state index contributed by atoms with van der Waals surface area (Å²) in [5.74, 6) is 3.53. The van der Waals surface area contributed by atoms with E-state index < -0.39 is 0 Å². The molecule has 0 aliphatic carbocycles. The average Bonchev–Trinajstić information content (AvgIpc) is 3.12. The van der Waals surface area contributed by atoms with Gasteiger partial charge in [-0.3, -0.25) is 9.80 Å². The predicted octanol–water partition coefficient (Wildman–Crippen LogP) is 3.31. The standard InChI is InChI=1S/C21H31N3O3/c1-21(2,3)19-13-22-20(27-19)15-24-10-8-23(9-11-24)14-16-12-17(25-4)6-7-18(16)26-5/h6-7,12-13H,8-11,14-15H2,1-5H3. The van der Waals surface area contributed by atoms with Crippen LogP contribution in [0.3, 0.4) is 0 Å². The topological polar surface area (TPSA) is 51.0 Å². The molecule has 27 heavy (non-hydrogen) atoms. The van der Waals surface area contributed by atoms with E-state index in [9.17, 15) is 0 Å². The molecule has 1 fully saturated rings. The third-order valence-corrected chi connectivity index (χ3v) is 5.00. The van der Waals surface area contributed by atoms with Gasteiger partial charge in [-0.05, 0) is 18.2 Å². The number of oxazole rings is 1. The summed E-state index contributed by atoms with van der Waals surface area (Å²) in [7, 11) is 3.41. The number of methoxy groups -OCH3 is 2. The Bertz CT molecular complexity index is 743. The molecule has 1 aromatic carbocycles. The highest BCUT2D eigenvalue weighted by atomic mass is 16.5. The fraction of sp³-hybridized carbons (Fsp3) is 0.571. The summed E-state index contributed by atoms with van der Waals surface area (Å²) in [5.41, 5.74) is 1.16. The van der Waals surface area contributed by atoms with Crippen molar-refractivity contribution in [3.63, 3.8) is 0 Å². The van der Waals surface area contributed by atoms with Crippen LogP contribution in [0.5, 0.6) is 11.5 Å². The summed E-state index contributed by atoms with van der Waals surface area (Å²) in [6, 6.07) is 5.97. The summed E-state index contributed by atoms with van der Waals surface area (Å²) in [6.07, 6.45) is 1.86. The van der Waals surface area contributed by atoms with E-state index in [4.69, 9.17) is 13.9 Å². The number of rotatable bonds is 6. The van der Waals surface area contributed by atoms with E-state index in [2.05, 4.69) is 41.6 Å². The molecule has 6 heteroatoms. The third-order valence-electron chi connectivity index (χ3n) is 5.00. The van der Waals surface area contributed by atoms with Crippen molar-refractivity contribution in [2.45, 2.75) is 39.3 Å². The van der Waals surface area contributed by atoms with E-state index >= 15 is 0 Å². The molecule has 0 unspecified atom stereocenters. The second kappa shape index (κ2) is 8.31. The van der Waals surface area contributed by atoms with Crippen molar-refractivity contribution in [2.75, 3.05) is 40.4 Å². The van der Waals surface area contributed by atoms with Crippen molar-refractivity contribution in [1.29, 1.82) is 0 Å². The quantitative estimate of drug-likeness (QED) is 0.774. The van der Waals surface area contributed by atoms with Gasteiger partial charge in [0.1, 0.15) is 17.3 Å². The fourth-order valence-electron chi connectivity index (χ4n) is 3.27. The van der Waals surface area contributed by atoms with E-state index in [1.807, 2.05) is 18.3 Å². The van der Waals surface area contributed by atoms with Crippen LogP contribution in [0.15, 0.2) is 28.8 Å². The van der Waals surface area contributed by atoms with Crippen molar-refractivity contribution in [3.05, 3.63) is 41.6 Å². The normalized spacial score (nSPS) is 16.5. The molecule has 0 amide bonds. The van der Waals surface area contributed by atoms with E-state index in [1.165, 1.54) is 0 Å². The molecule has 0 bridgehead atoms. The maximum Gasteiger partial charge on any atom is 0.208 e. The van der Waals surface area contributed by atoms with Crippen LogP contribution in [-0.2, 0) is 18.5 Å². The number of benzene rings is 1. The zero-order chi connectivity index (χ0) is 19.4. The predicted molar refractivity (Wildman–Crippen MR) is 105 cm³/mol. The minimum Gasteiger partial charge on any atom is -0.497 e. The van der Waals surface area contributed by atoms with Crippen LogP contribution < -0.4 is 9.47 Å². The van der Waals surface area contributed by atoms with Gasteiger partial charge >= 0.3 is 0 Å². The first kappa shape index (κ1) is 19.7. The van der Waals surface area contributed by atoms with Crippen LogP contribution in [0.2, 0.25) is 0 Å². The van der Waals surface area contributed by atoms with Gasteiger partial charge in [0, 0.05) is 43.7 Å². The second-order valence-corrected chi connectivity index (χ2v) is 8.10. The molecule has 0 N–H and O–H groups in total. The molecule has 0 radical (unpaired) electrons. The Balaban J connectivity index is 1.54. The van der Waals surface area contributed by atoms with Crippen LogP contribution in [0.4, 0.5) is 0 Å². The zero-order valence-electron chi connectivity index (χ0n) is 17.1. The SMILES string of the molecule is COc1ccc(OC)c(CN2CCN(Cc3ncc(C(C)(C)C)o3)CC2)c1. The smallest absolute Gasteiger partial charge is 0.208 e. The minimum atomic E-state index is -0.000254. The number of nitrogens with zero attached hydrogens (tertiary/aromatic N) is 3. The molecule has 148 valence electrons. The van der Waals surface area contributed by atoms with Crippen LogP contribution >= 0.6 is 0 Å². The maximum absolute atomic E-state index is 5.93. The summed E-state index contributed by atoms with van der Waals surface area (Å²) >= 11 is 0. The van der Waals surface area contributed by atoms with Gasteiger partial charge in [-0.2, -0.15) is 0 Å². The minimum absolute atomic E-state index is 0.000254. The van der Waals surface area contributed by atoms with Gasteiger partial charge in [-0.15, -0.1) is 0 Å². The lowest BCUT2D eigenvalue weighted by molar-refractivity contribution is 0.113. The lowest BCUT2D eigenvalue weighted by Gasteiger charge is -2.34. The van der Waals surface area contributed by atoms with Crippen molar-refractivity contribution in [1.82, 2.24) is 14.8 Å². The summed E-state index contributed by atoms with van der Waals surface area (Å²) in [5, 5.41) is 0. The van der Waals surface area contributed by atoms with Crippen molar-refractivity contribution >= 4 is 0 Å². The summed E-state index contributed by atoms with van der Waals surface area (Å²) in [4.78, 5) is 9.30. The average molecular weight is 373 g/mol. The third kappa shape index (κ3) is 5.02. The highest BCUT2D eigenvalue weighted by Gasteiger charge is 2.22. The second-order valence-electron chi connectivity index (χ2n) is 8.10. The number of ether oxygens (including phenoxy) is 2. The van der Waals surface area contributed by atoms with Gasteiger partial charge in [0.15, 0.2) is 0 Å². The molecule has 2 aromatic rings. The largest absolute Gasteiger partial charge is 0.497 e. The Morgan fingerprint density at radius 2 is 1.67 bits per heavy atom. The highest BCUT2D eigenvalue weighted by molar-refractivity contribution is 5.40. The summed E-state index contributed by atoms with van der Waals surface area (Å²) in [6.45, 7) is 12.1. The molecule has 0 spiro atoms. The van der Waals surface area contributed by atoms with Crippen LogP contribution in [0, 0.1) is 0 Å². The molecule has 6 nitrogen and oxygen atoms in total. The first-order valence-electron chi connectivity index (χ1n) is 9.50. The van der Waals surface area contributed by atoms with Gasteiger partial charge in [0.2, 0.25) is 5.89 Å². The van der Waals surface area contributed by atoms with Gasteiger partial charge in [-0.1, -0.05) is 20.8 Å². The number of aromatic nitrogens is 1. The zero-order valence-corrected chi connectivity index (χ0v) is 17.1. The molecule has 1 aliphatic rings. The van der Waals surface area contributed by atoms with Crippen LogP contribution in [0.25, 0.3) is 0 Å².